The third kappa shape index (κ3) is 5.33. The summed E-state index contributed by atoms with van der Waals surface area (Å²) >= 11 is 0. The molecular formula is C25H28FN9O2. The van der Waals surface area contributed by atoms with Crippen LogP contribution in [0.15, 0.2) is 43.0 Å². The smallest absolute Gasteiger partial charge is 0.223 e. The zero-order valence-electron chi connectivity index (χ0n) is 20.7. The number of amides is 1. The number of hydrogen-bond donors (Lipinski definition) is 4. The van der Waals surface area contributed by atoms with Crippen molar-refractivity contribution >= 4 is 17.5 Å². The van der Waals surface area contributed by atoms with Gasteiger partial charge in [-0.25, -0.2) is 19.0 Å². The van der Waals surface area contributed by atoms with Crippen LogP contribution in [-0.2, 0) is 10.4 Å². The minimum atomic E-state index is -1.21. The van der Waals surface area contributed by atoms with E-state index in [0.717, 1.165) is 17.5 Å². The van der Waals surface area contributed by atoms with Gasteiger partial charge in [0.25, 0.3) is 0 Å². The number of aromatic amines is 1. The Labute approximate surface area is 212 Å². The molecule has 0 bridgehead atoms. The van der Waals surface area contributed by atoms with Crippen molar-refractivity contribution in [3.05, 3.63) is 71.4 Å². The average molecular weight is 506 g/mol. The number of anilines is 2. The van der Waals surface area contributed by atoms with Crippen LogP contribution in [-0.4, -0.2) is 45.9 Å². The highest BCUT2D eigenvalue weighted by Gasteiger charge is 2.43. The van der Waals surface area contributed by atoms with E-state index in [1.54, 1.807) is 0 Å². The molecule has 11 nitrogen and oxygen atoms in total. The summed E-state index contributed by atoms with van der Waals surface area (Å²) in [5.74, 6) is 0.578. The molecular weight excluding hydrogens is 477 g/mol. The number of pyridine rings is 1. The van der Waals surface area contributed by atoms with Gasteiger partial charge in [0.05, 0.1) is 42.2 Å². The zero-order valence-corrected chi connectivity index (χ0v) is 20.7. The Balaban J connectivity index is 1.23. The SMILES string of the molecule is Cc1cc(Nc2cc(C)[nH]n2)nc([C@]2(O)CC[C@@H](C(=O)N[C@@H](C)c3cnc(-n4cc(F)cn4)cn3)C2)c1. The van der Waals surface area contributed by atoms with Gasteiger partial charge in [-0.3, -0.25) is 14.9 Å². The summed E-state index contributed by atoms with van der Waals surface area (Å²) in [6.45, 7) is 5.66. The number of nitrogens with zero attached hydrogens (tertiary/aromatic N) is 6. The summed E-state index contributed by atoms with van der Waals surface area (Å²) < 4.78 is 14.5. The molecule has 4 aromatic heterocycles. The number of nitrogens with one attached hydrogen (secondary N) is 3. The van der Waals surface area contributed by atoms with Crippen molar-refractivity contribution in [1.29, 1.82) is 0 Å². The first-order chi connectivity index (χ1) is 17.7. The molecule has 1 amide bonds. The van der Waals surface area contributed by atoms with Gasteiger partial charge >= 0.3 is 0 Å². The molecule has 3 atom stereocenters. The minimum absolute atomic E-state index is 0.165. The van der Waals surface area contributed by atoms with Crippen LogP contribution < -0.4 is 10.6 Å². The second-order valence-corrected chi connectivity index (χ2v) is 9.58. The average Bonchev–Trinajstić information content (AvgIpc) is 3.59. The first-order valence-electron chi connectivity index (χ1n) is 12.0. The molecule has 1 aliphatic carbocycles. The minimum Gasteiger partial charge on any atom is -0.384 e. The van der Waals surface area contributed by atoms with Gasteiger partial charge < -0.3 is 15.7 Å². The quantitative estimate of drug-likeness (QED) is 0.300. The first-order valence-corrected chi connectivity index (χ1v) is 12.0. The van der Waals surface area contributed by atoms with Gasteiger partial charge in [-0.1, -0.05) is 0 Å². The molecule has 12 heteroatoms. The summed E-state index contributed by atoms with van der Waals surface area (Å²) in [4.78, 5) is 26.3. The fraction of sp³-hybridized carbons (Fsp3) is 0.360. The lowest BCUT2D eigenvalue weighted by atomic mass is 9.94. The molecule has 5 rings (SSSR count). The molecule has 4 aromatic rings. The third-order valence-electron chi connectivity index (χ3n) is 6.52. The van der Waals surface area contributed by atoms with E-state index in [-0.39, 0.29) is 18.2 Å². The topological polar surface area (TPSA) is 147 Å². The number of carbonyl (C=O) groups excluding carboxylic acids is 1. The summed E-state index contributed by atoms with van der Waals surface area (Å²) in [5.41, 5.74) is 1.73. The van der Waals surface area contributed by atoms with Crippen LogP contribution in [0.5, 0.6) is 0 Å². The van der Waals surface area contributed by atoms with Crippen molar-refractivity contribution in [1.82, 2.24) is 40.2 Å². The van der Waals surface area contributed by atoms with Crippen LogP contribution in [0.3, 0.4) is 0 Å². The Kier molecular flexibility index (Phi) is 6.42. The van der Waals surface area contributed by atoms with Gasteiger partial charge in [-0.2, -0.15) is 10.2 Å². The Morgan fingerprint density at radius 2 is 2.05 bits per heavy atom. The first kappa shape index (κ1) is 24.5. The number of carbonyl (C=O) groups is 1. The highest BCUT2D eigenvalue weighted by Crippen LogP contribution is 2.42. The van der Waals surface area contributed by atoms with Gasteiger partial charge in [0.2, 0.25) is 5.91 Å². The maximum absolute atomic E-state index is 13.2. The predicted molar refractivity (Wildman–Crippen MR) is 132 cm³/mol. The maximum Gasteiger partial charge on any atom is 0.223 e. The molecule has 4 heterocycles. The largest absolute Gasteiger partial charge is 0.384 e. The molecule has 0 aromatic carbocycles. The third-order valence-corrected chi connectivity index (χ3v) is 6.52. The van der Waals surface area contributed by atoms with Crippen molar-refractivity contribution in [2.75, 3.05) is 5.32 Å². The highest BCUT2D eigenvalue weighted by molar-refractivity contribution is 5.79. The molecule has 0 radical (unpaired) electrons. The Morgan fingerprint density at radius 3 is 2.73 bits per heavy atom. The number of H-pyrrole nitrogens is 1. The van der Waals surface area contributed by atoms with Crippen LogP contribution in [0.2, 0.25) is 0 Å². The lowest BCUT2D eigenvalue weighted by Crippen LogP contribution is -2.33. The molecule has 0 aliphatic heterocycles. The van der Waals surface area contributed by atoms with Gasteiger partial charge in [-0.05, 0) is 57.7 Å². The van der Waals surface area contributed by atoms with Crippen LogP contribution in [0.1, 0.15) is 54.9 Å². The van der Waals surface area contributed by atoms with Gasteiger partial charge in [0.1, 0.15) is 11.4 Å². The fourth-order valence-corrected chi connectivity index (χ4v) is 4.57. The van der Waals surface area contributed by atoms with Crippen LogP contribution in [0.25, 0.3) is 5.82 Å². The predicted octanol–water partition coefficient (Wildman–Crippen LogP) is 3.15. The molecule has 0 spiro atoms. The lowest BCUT2D eigenvalue weighted by Gasteiger charge is -2.24. The number of aliphatic hydroxyl groups is 1. The molecule has 1 saturated carbocycles. The number of rotatable bonds is 7. The van der Waals surface area contributed by atoms with E-state index in [4.69, 9.17) is 0 Å². The second kappa shape index (κ2) is 9.69. The van der Waals surface area contributed by atoms with E-state index in [9.17, 15) is 14.3 Å². The molecule has 0 unspecified atom stereocenters. The zero-order chi connectivity index (χ0) is 26.2. The monoisotopic (exact) mass is 505 g/mol. The number of halogens is 1. The standard InChI is InChI=1S/C25H28FN9O2/c1-14-6-20(31-21(7-14)32-22-8-15(2)33-34-22)25(37)5-4-17(9-25)24(36)30-16(3)19-11-28-23(12-27-19)35-13-18(26)10-29-35/h6-8,10-13,16-17,37H,4-5,9H2,1-3H3,(H,30,36)(H2,31,32,33,34)/t16-,17+,25-/m0/s1. The number of aryl methyl sites for hydroxylation is 2. The Bertz CT molecular complexity index is 1420. The van der Waals surface area contributed by atoms with E-state index < -0.39 is 17.5 Å². The molecule has 4 N–H and O–H groups in total. The number of hydrogen-bond acceptors (Lipinski definition) is 8. The summed E-state index contributed by atoms with van der Waals surface area (Å²) in [6, 6.07) is 5.20. The summed E-state index contributed by atoms with van der Waals surface area (Å²) in [7, 11) is 0. The van der Waals surface area contributed by atoms with Crippen molar-refractivity contribution in [2.24, 2.45) is 5.92 Å². The molecule has 1 aliphatic rings. The normalized spacial score (nSPS) is 20.1. The molecule has 0 saturated heterocycles. The maximum atomic E-state index is 13.2. The Morgan fingerprint density at radius 1 is 1.22 bits per heavy atom. The van der Waals surface area contributed by atoms with Gasteiger partial charge in [-0.15, -0.1) is 0 Å². The molecule has 37 heavy (non-hydrogen) atoms. The van der Waals surface area contributed by atoms with Crippen molar-refractivity contribution in [2.45, 2.75) is 51.7 Å². The fourth-order valence-electron chi connectivity index (χ4n) is 4.57. The van der Waals surface area contributed by atoms with E-state index in [1.807, 2.05) is 39.0 Å². The van der Waals surface area contributed by atoms with Crippen molar-refractivity contribution in [3.8, 4) is 5.82 Å². The lowest BCUT2D eigenvalue weighted by molar-refractivity contribution is -0.126. The van der Waals surface area contributed by atoms with E-state index >= 15 is 0 Å². The summed E-state index contributed by atoms with van der Waals surface area (Å²) in [5, 5.41) is 28.5. The van der Waals surface area contributed by atoms with Crippen LogP contribution in [0.4, 0.5) is 16.0 Å². The van der Waals surface area contributed by atoms with Gasteiger partial charge in [0.15, 0.2) is 17.5 Å². The molecule has 1 fully saturated rings. The molecule has 192 valence electrons. The second-order valence-electron chi connectivity index (χ2n) is 9.58. The summed E-state index contributed by atoms with van der Waals surface area (Å²) in [6.07, 6.45) is 6.50. The van der Waals surface area contributed by atoms with Crippen molar-refractivity contribution < 1.29 is 14.3 Å². The van der Waals surface area contributed by atoms with E-state index in [0.29, 0.717) is 41.7 Å². The number of aromatic nitrogens is 7. The van der Waals surface area contributed by atoms with Crippen molar-refractivity contribution in [3.63, 3.8) is 0 Å². The van der Waals surface area contributed by atoms with E-state index in [2.05, 4.69) is 40.9 Å². The van der Waals surface area contributed by atoms with Crippen LogP contribution in [0, 0.1) is 25.6 Å². The van der Waals surface area contributed by atoms with Gasteiger partial charge in [0, 0.05) is 17.7 Å². The van der Waals surface area contributed by atoms with Crippen LogP contribution >= 0.6 is 0 Å². The Hall–Kier alpha value is -4.19. The highest BCUT2D eigenvalue weighted by atomic mass is 19.1. The van der Waals surface area contributed by atoms with E-state index in [1.165, 1.54) is 23.3 Å².